The zero-order chi connectivity index (χ0) is 12.4. The second kappa shape index (κ2) is 4.69. The van der Waals surface area contributed by atoms with Gasteiger partial charge < -0.3 is 0 Å². The molecule has 0 unspecified atom stereocenters. The zero-order valence-corrected chi connectivity index (χ0v) is 10.2. The summed E-state index contributed by atoms with van der Waals surface area (Å²) < 4.78 is 0. The van der Waals surface area contributed by atoms with Crippen LogP contribution in [0.2, 0.25) is 5.02 Å². The number of carbonyl (C=O) groups is 1. The number of aromatic nitrogens is 1. The van der Waals surface area contributed by atoms with Gasteiger partial charge >= 0.3 is 0 Å². The van der Waals surface area contributed by atoms with Crippen LogP contribution in [0.25, 0.3) is 10.9 Å². The number of hydroxylamine groups is 2. The first-order valence-electron chi connectivity index (χ1n) is 4.92. The molecule has 2 aromatic rings. The van der Waals surface area contributed by atoms with Crippen molar-refractivity contribution in [1.29, 1.82) is 0 Å². The SMILES string of the molecule is CON(C)C(=O)c1[c]c2ncccc2c(Cl)c1. The van der Waals surface area contributed by atoms with Crippen LogP contribution < -0.4 is 0 Å². The van der Waals surface area contributed by atoms with E-state index in [1.165, 1.54) is 14.2 Å². The quantitative estimate of drug-likeness (QED) is 0.767. The number of hydrogen-bond donors (Lipinski definition) is 0. The van der Waals surface area contributed by atoms with Crippen LogP contribution in [-0.4, -0.2) is 30.1 Å². The average Bonchev–Trinajstić information content (AvgIpc) is 2.37. The summed E-state index contributed by atoms with van der Waals surface area (Å²) in [6, 6.07) is 8.09. The predicted molar refractivity (Wildman–Crippen MR) is 64.7 cm³/mol. The van der Waals surface area contributed by atoms with Crippen LogP contribution in [0, 0.1) is 6.07 Å². The van der Waals surface area contributed by atoms with E-state index in [1.54, 1.807) is 18.3 Å². The largest absolute Gasteiger partial charge is 0.277 e. The minimum Gasteiger partial charge on any atom is -0.274 e. The minimum absolute atomic E-state index is 0.318. The number of nitrogens with zero attached hydrogens (tertiary/aromatic N) is 2. The lowest BCUT2D eigenvalue weighted by atomic mass is 10.1. The maximum Gasteiger partial charge on any atom is 0.277 e. The Kier molecular flexibility index (Phi) is 3.26. The Hall–Kier alpha value is -1.65. The molecule has 0 aliphatic rings. The Balaban J connectivity index is 2.54. The van der Waals surface area contributed by atoms with Crippen LogP contribution in [0.3, 0.4) is 0 Å². The third-order valence-electron chi connectivity index (χ3n) is 2.38. The molecule has 0 aliphatic heterocycles. The van der Waals surface area contributed by atoms with E-state index < -0.39 is 0 Å². The van der Waals surface area contributed by atoms with Crippen molar-refractivity contribution in [1.82, 2.24) is 10.0 Å². The molecule has 0 aliphatic carbocycles. The van der Waals surface area contributed by atoms with Gasteiger partial charge in [0, 0.05) is 24.7 Å². The van der Waals surface area contributed by atoms with E-state index in [0.717, 1.165) is 10.4 Å². The molecule has 17 heavy (non-hydrogen) atoms. The van der Waals surface area contributed by atoms with Gasteiger partial charge in [0.15, 0.2) is 0 Å². The highest BCUT2D eigenvalue weighted by Gasteiger charge is 2.14. The Bertz CT molecular complexity index is 571. The van der Waals surface area contributed by atoms with E-state index in [1.807, 2.05) is 6.07 Å². The van der Waals surface area contributed by atoms with Crippen LogP contribution in [0.4, 0.5) is 0 Å². The Morgan fingerprint density at radius 1 is 1.59 bits per heavy atom. The molecule has 1 amide bonds. The van der Waals surface area contributed by atoms with Crippen LogP contribution in [0.1, 0.15) is 10.4 Å². The summed E-state index contributed by atoms with van der Waals surface area (Å²) in [6.45, 7) is 0. The van der Waals surface area contributed by atoms with Crippen molar-refractivity contribution in [3.8, 4) is 0 Å². The topological polar surface area (TPSA) is 42.4 Å². The van der Waals surface area contributed by atoms with Crippen LogP contribution >= 0.6 is 11.6 Å². The Labute approximate surface area is 104 Å². The zero-order valence-electron chi connectivity index (χ0n) is 9.40. The molecule has 1 aromatic heterocycles. The Morgan fingerprint density at radius 2 is 2.35 bits per heavy atom. The number of carbonyl (C=O) groups excluding carboxylic acids is 1. The Morgan fingerprint density at radius 3 is 3.06 bits per heavy atom. The van der Waals surface area contributed by atoms with Gasteiger partial charge in [0.05, 0.1) is 23.2 Å². The summed E-state index contributed by atoms with van der Waals surface area (Å²) in [6.07, 6.45) is 1.63. The summed E-state index contributed by atoms with van der Waals surface area (Å²) in [7, 11) is 2.94. The van der Waals surface area contributed by atoms with Crippen LogP contribution in [0.5, 0.6) is 0 Å². The normalized spacial score (nSPS) is 10.5. The first kappa shape index (κ1) is 11.8. The van der Waals surface area contributed by atoms with Gasteiger partial charge in [-0.05, 0) is 18.2 Å². The summed E-state index contributed by atoms with van der Waals surface area (Å²) in [5.41, 5.74) is 0.887. The molecule has 4 nitrogen and oxygen atoms in total. The summed E-state index contributed by atoms with van der Waals surface area (Å²) >= 11 is 6.08. The van der Waals surface area contributed by atoms with E-state index in [2.05, 4.69) is 11.1 Å². The van der Waals surface area contributed by atoms with E-state index in [4.69, 9.17) is 16.4 Å². The van der Waals surface area contributed by atoms with Crippen molar-refractivity contribution in [2.75, 3.05) is 14.2 Å². The standard InChI is InChI=1S/C12H10ClN2O2/c1-15(17-2)12(16)8-6-10(13)9-4-3-5-14-11(9)7-8/h3-6H,1-2H3. The minimum atomic E-state index is -0.318. The fourth-order valence-electron chi connectivity index (χ4n) is 1.43. The van der Waals surface area contributed by atoms with Gasteiger partial charge in [0.2, 0.25) is 0 Å². The molecule has 0 saturated carbocycles. The summed E-state index contributed by atoms with van der Waals surface area (Å²) in [5.74, 6) is -0.318. The number of rotatable bonds is 2. The summed E-state index contributed by atoms with van der Waals surface area (Å²) in [5, 5.41) is 2.35. The smallest absolute Gasteiger partial charge is 0.274 e. The predicted octanol–water partition coefficient (Wildman–Crippen LogP) is 2.32. The third kappa shape index (κ3) is 2.23. The van der Waals surface area contributed by atoms with E-state index in [0.29, 0.717) is 16.1 Å². The lowest BCUT2D eigenvalue weighted by molar-refractivity contribution is -0.0757. The molecular formula is C12H10ClN2O2. The monoisotopic (exact) mass is 249 g/mol. The molecule has 1 aromatic carbocycles. The van der Waals surface area contributed by atoms with Gasteiger partial charge in [-0.25, -0.2) is 5.06 Å². The number of benzene rings is 1. The summed E-state index contributed by atoms with van der Waals surface area (Å²) in [4.78, 5) is 20.8. The highest BCUT2D eigenvalue weighted by Crippen LogP contribution is 2.23. The molecule has 2 rings (SSSR count). The van der Waals surface area contributed by atoms with E-state index in [9.17, 15) is 4.79 Å². The lowest BCUT2D eigenvalue weighted by Gasteiger charge is -2.13. The number of hydrogen-bond acceptors (Lipinski definition) is 3. The van der Waals surface area contributed by atoms with Crippen molar-refractivity contribution in [2.45, 2.75) is 0 Å². The van der Waals surface area contributed by atoms with Gasteiger partial charge in [-0.15, -0.1) is 0 Å². The van der Waals surface area contributed by atoms with Gasteiger partial charge in [0.25, 0.3) is 5.91 Å². The number of pyridine rings is 1. The van der Waals surface area contributed by atoms with Crippen molar-refractivity contribution in [3.05, 3.63) is 41.0 Å². The third-order valence-corrected chi connectivity index (χ3v) is 2.69. The number of amides is 1. The molecule has 0 fully saturated rings. The fourth-order valence-corrected chi connectivity index (χ4v) is 1.70. The molecule has 87 valence electrons. The molecule has 0 saturated heterocycles. The average molecular weight is 250 g/mol. The van der Waals surface area contributed by atoms with Gasteiger partial charge in [-0.1, -0.05) is 11.6 Å². The highest BCUT2D eigenvalue weighted by molar-refractivity contribution is 6.35. The molecule has 0 N–H and O–H groups in total. The van der Waals surface area contributed by atoms with E-state index >= 15 is 0 Å². The highest BCUT2D eigenvalue weighted by atomic mass is 35.5. The van der Waals surface area contributed by atoms with Crippen molar-refractivity contribution >= 4 is 28.4 Å². The van der Waals surface area contributed by atoms with Crippen molar-refractivity contribution in [3.63, 3.8) is 0 Å². The second-order valence-corrected chi connectivity index (χ2v) is 3.82. The molecule has 0 atom stereocenters. The second-order valence-electron chi connectivity index (χ2n) is 3.42. The first-order chi connectivity index (χ1) is 8.13. The molecule has 0 bridgehead atoms. The van der Waals surface area contributed by atoms with Crippen LogP contribution in [-0.2, 0) is 4.84 Å². The first-order valence-corrected chi connectivity index (χ1v) is 5.30. The van der Waals surface area contributed by atoms with Crippen LogP contribution in [0.15, 0.2) is 24.4 Å². The molecule has 1 radical (unpaired) electrons. The molecule has 0 spiro atoms. The fraction of sp³-hybridized carbons (Fsp3) is 0.167. The molecule has 1 heterocycles. The van der Waals surface area contributed by atoms with Crippen molar-refractivity contribution in [2.24, 2.45) is 0 Å². The maximum atomic E-state index is 11.9. The maximum absolute atomic E-state index is 11.9. The number of halogens is 1. The molecular weight excluding hydrogens is 240 g/mol. The van der Waals surface area contributed by atoms with Crippen molar-refractivity contribution < 1.29 is 9.63 Å². The van der Waals surface area contributed by atoms with Gasteiger partial charge in [0.1, 0.15) is 0 Å². The van der Waals surface area contributed by atoms with Gasteiger partial charge in [-0.2, -0.15) is 0 Å². The van der Waals surface area contributed by atoms with Gasteiger partial charge in [-0.3, -0.25) is 14.6 Å². The van der Waals surface area contributed by atoms with E-state index in [-0.39, 0.29) is 5.91 Å². The lowest BCUT2D eigenvalue weighted by Crippen LogP contribution is -2.25. The molecule has 5 heteroatoms. The number of fused-ring (bicyclic) bond motifs is 1.